The van der Waals surface area contributed by atoms with Gasteiger partial charge in [-0.05, 0) is 39.8 Å². The largest absolute Gasteiger partial charge is 0.309 e. The van der Waals surface area contributed by atoms with Crippen LogP contribution in [0.15, 0.2) is 72.8 Å². The molecule has 0 amide bonds. The minimum atomic E-state index is 0.914. The number of benzene rings is 3. The molecule has 3 aromatic rings. The maximum atomic E-state index is 3.57. The van der Waals surface area contributed by atoms with Gasteiger partial charge in [-0.25, -0.2) is 0 Å². The van der Waals surface area contributed by atoms with Crippen LogP contribution in [0.2, 0.25) is 0 Å². The average molecular weight is 285 g/mol. The van der Waals surface area contributed by atoms with Crippen molar-refractivity contribution in [3.63, 3.8) is 0 Å². The predicted molar refractivity (Wildman–Crippen MR) is 91.7 cm³/mol. The van der Waals surface area contributed by atoms with Crippen molar-refractivity contribution in [1.29, 1.82) is 0 Å². The van der Waals surface area contributed by atoms with Gasteiger partial charge in [-0.1, -0.05) is 72.8 Å². The van der Waals surface area contributed by atoms with Crippen LogP contribution in [0, 0.1) is 0 Å². The van der Waals surface area contributed by atoms with E-state index in [-0.39, 0.29) is 0 Å². The van der Waals surface area contributed by atoms with E-state index in [1.165, 1.54) is 33.4 Å². The van der Waals surface area contributed by atoms with E-state index in [9.17, 15) is 0 Å². The minimum absolute atomic E-state index is 0.914. The SMILES string of the molecule is c1ccc(CNCc2cccc3c2Cc2ccccc2-3)cc1. The van der Waals surface area contributed by atoms with Crippen LogP contribution in [0.5, 0.6) is 0 Å². The molecule has 0 saturated heterocycles. The zero-order chi connectivity index (χ0) is 14.8. The van der Waals surface area contributed by atoms with Gasteiger partial charge >= 0.3 is 0 Å². The zero-order valence-electron chi connectivity index (χ0n) is 12.5. The molecule has 0 spiro atoms. The van der Waals surface area contributed by atoms with E-state index in [2.05, 4.69) is 78.1 Å². The third-order valence-corrected chi connectivity index (χ3v) is 4.44. The molecule has 4 rings (SSSR count). The van der Waals surface area contributed by atoms with Gasteiger partial charge in [0, 0.05) is 13.1 Å². The first-order valence-electron chi connectivity index (χ1n) is 7.85. The van der Waals surface area contributed by atoms with Crippen LogP contribution < -0.4 is 5.32 Å². The molecule has 0 unspecified atom stereocenters. The van der Waals surface area contributed by atoms with Gasteiger partial charge in [0.15, 0.2) is 0 Å². The van der Waals surface area contributed by atoms with Crippen molar-refractivity contribution in [2.24, 2.45) is 0 Å². The molecule has 3 aromatic carbocycles. The van der Waals surface area contributed by atoms with Gasteiger partial charge in [0.05, 0.1) is 0 Å². The van der Waals surface area contributed by atoms with Crippen molar-refractivity contribution in [2.45, 2.75) is 19.5 Å². The van der Waals surface area contributed by atoms with Gasteiger partial charge in [-0.15, -0.1) is 0 Å². The molecule has 0 aromatic heterocycles. The van der Waals surface area contributed by atoms with Crippen molar-refractivity contribution in [3.05, 3.63) is 95.1 Å². The molecule has 1 N–H and O–H groups in total. The number of fused-ring (bicyclic) bond motifs is 3. The number of rotatable bonds is 4. The Balaban J connectivity index is 1.53. The van der Waals surface area contributed by atoms with Crippen LogP contribution >= 0.6 is 0 Å². The second-order valence-corrected chi connectivity index (χ2v) is 5.87. The second kappa shape index (κ2) is 5.78. The smallest absolute Gasteiger partial charge is 0.0211 e. The first-order chi connectivity index (χ1) is 10.9. The van der Waals surface area contributed by atoms with Crippen LogP contribution in [0.3, 0.4) is 0 Å². The predicted octanol–water partition coefficient (Wildman–Crippen LogP) is 4.55. The lowest BCUT2D eigenvalue weighted by Crippen LogP contribution is -2.13. The molecule has 0 aliphatic heterocycles. The van der Waals surface area contributed by atoms with E-state index in [1.807, 2.05) is 0 Å². The fourth-order valence-electron chi connectivity index (χ4n) is 3.33. The number of hydrogen-bond acceptors (Lipinski definition) is 1. The van der Waals surface area contributed by atoms with E-state index in [4.69, 9.17) is 0 Å². The summed E-state index contributed by atoms with van der Waals surface area (Å²) in [5.41, 5.74) is 8.51. The quantitative estimate of drug-likeness (QED) is 0.580. The van der Waals surface area contributed by atoms with Crippen molar-refractivity contribution in [1.82, 2.24) is 5.32 Å². The summed E-state index contributed by atoms with van der Waals surface area (Å²) < 4.78 is 0. The minimum Gasteiger partial charge on any atom is -0.309 e. The van der Waals surface area contributed by atoms with Crippen LogP contribution in [0.25, 0.3) is 11.1 Å². The molecule has 0 bridgehead atoms. The highest BCUT2D eigenvalue weighted by Crippen LogP contribution is 2.37. The van der Waals surface area contributed by atoms with Crippen molar-refractivity contribution >= 4 is 0 Å². The molecule has 0 heterocycles. The molecule has 0 saturated carbocycles. The lowest BCUT2D eigenvalue weighted by atomic mass is 10.0. The normalized spacial score (nSPS) is 12.0. The Morgan fingerprint density at radius 2 is 1.45 bits per heavy atom. The first-order valence-corrected chi connectivity index (χ1v) is 7.85. The molecular formula is C21H19N. The summed E-state index contributed by atoms with van der Waals surface area (Å²) in [7, 11) is 0. The van der Waals surface area contributed by atoms with Crippen molar-refractivity contribution in [2.75, 3.05) is 0 Å². The molecule has 22 heavy (non-hydrogen) atoms. The Hall–Kier alpha value is -2.38. The zero-order valence-corrected chi connectivity index (χ0v) is 12.5. The molecule has 1 nitrogen and oxygen atoms in total. The highest BCUT2D eigenvalue weighted by molar-refractivity contribution is 5.77. The van der Waals surface area contributed by atoms with Gasteiger partial charge in [-0.2, -0.15) is 0 Å². The highest BCUT2D eigenvalue weighted by atomic mass is 14.8. The van der Waals surface area contributed by atoms with E-state index < -0.39 is 0 Å². The van der Waals surface area contributed by atoms with Crippen molar-refractivity contribution in [3.8, 4) is 11.1 Å². The number of hydrogen-bond donors (Lipinski definition) is 1. The highest BCUT2D eigenvalue weighted by Gasteiger charge is 2.19. The molecule has 0 fully saturated rings. The molecular weight excluding hydrogens is 266 g/mol. The Kier molecular flexibility index (Phi) is 3.49. The van der Waals surface area contributed by atoms with E-state index in [0.717, 1.165) is 19.5 Å². The first kappa shape index (κ1) is 13.3. The maximum absolute atomic E-state index is 3.57. The third kappa shape index (κ3) is 2.44. The summed E-state index contributed by atoms with van der Waals surface area (Å²) in [6.07, 6.45) is 1.06. The molecule has 0 radical (unpaired) electrons. The molecule has 1 heteroatoms. The Morgan fingerprint density at radius 3 is 2.36 bits per heavy atom. The van der Waals surface area contributed by atoms with Gasteiger partial charge in [0.2, 0.25) is 0 Å². The van der Waals surface area contributed by atoms with Gasteiger partial charge < -0.3 is 5.32 Å². The fraction of sp³-hybridized carbons (Fsp3) is 0.143. The summed E-state index contributed by atoms with van der Waals surface area (Å²) in [6.45, 7) is 1.84. The topological polar surface area (TPSA) is 12.0 Å². The van der Waals surface area contributed by atoms with Gasteiger partial charge in [0.1, 0.15) is 0 Å². The van der Waals surface area contributed by atoms with Crippen LogP contribution in [-0.4, -0.2) is 0 Å². The summed E-state index contributed by atoms with van der Waals surface area (Å²) in [5.74, 6) is 0. The standard InChI is InChI=1S/C21H19N/c1-2-7-16(8-3-1)14-22-15-18-10-6-12-20-19-11-5-4-9-17(19)13-21(18)20/h1-12,22H,13-15H2. The fourth-order valence-corrected chi connectivity index (χ4v) is 3.33. The maximum Gasteiger partial charge on any atom is 0.0211 e. The van der Waals surface area contributed by atoms with Crippen LogP contribution in [0.1, 0.15) is 22.3 Å². The van der Waals surface area contributed by atoms with Gasteiger partial charge in [-0.3, -0.25) is 0 Å². The summed E-state index contributed by atoms with van der Waals surface area (Å²) in [6, 6.07) is 26.0. The van der Waals surface area contributed by atoms with E-state index >= 15 is 0 Å². The third-order valence-electron chi connectivity index (χ3n) is 4.44. The molecule has 1 aliphatic rings. The van der Waals surface area contributed by atoms with Gasteiger partial charge in [0.25, 0.3) is 0 Å². The van der Waals surface area contributed by atoms with Crippen LogP contribution in [-0.2, 0) is 19.5 Å². The monoisotopic (exact) mass is 285 g/mol. The summed E-state index contributed by atoms with van der Waals surface area (Å²) >= 11 is 0. The van der Waals surface area contributed by atoms with Crippen LogP contribution in [0.4, 0.5) is 0 Å². The summed E-state index contributed by atoms with van der Waals surface area (Å²) in [4.78, 5) is 0. The Bertz CT molecular complexity index is 790. The van der Waals surface area contributed by atoms with E-state index in [1.54, 1.807) is 0 Å². The summed E-state index contributed by atoms with van der Waals surface area (Å²) in [5, 5.41) is 3.57. The lowest BCUT2D eigenvalue weighted by molar-refractivity contribution is 0.690. The van der Waals surface area contributed by atoms with Crippen molar-refractivity contribution < 1.29 is 0 Å². The average Bonchev–Trinajstić information content (AvgIpc) is 2.96. The Labute approximate surface area is 131 Å². The molecule has 1 aliphatic carbocycles. The van der Waals surface area contributed by atoms with E-state index in [0.29, 0.717) is 0 Å². The Morgan fingerprint density at radius 1 is 0.682 bits per heavy atom. The number of nitrogens with one attached hydrogen (secondary N) is 1. The molecule has 108 valence electrons. The molecule has 0 atom stereocenters. The lowest BCUT2D eigenvalue weighted by Gasteiger charge is -2.10. The second-order valence-electron chi connectivity index (χ2n) is 5.87.